The van der Waals surface area contributed by atoms with Gasteiger partial charge in [0.1, 0.15) is 12.8 Å². The van der Waals surface area contributed by atoms with Gasteiger partial charge in [-0.1, -0.05) is 44.0 Å². The maximum Gasteiger partial charge on any atom is 0.329 e. The fourth-order valence-electron chi connectivity index (χ4n) is 4.23. The van der Waals surface area contributed by atoms with Crippen molar-refractivity contribution in [2.75, 3.05) is 19.9 Å². The van der Waals surface area contributed by atoms with Crippen LogP contribution in [0.25, 0.3) is 11.0 Å². The van der Waals surface area contributed by atoms with Gasteiger partial charge in [-0.2, -0.15) is 0 Å². The highest BCUT2D eigenvalue weighted by molar-refractivity contribution is 6.76. The summed E-state index contributed by atoms with van der Waals surface area (Å²) < 4.78 is 8.73. The van der Waals surface area contributed by atoms with Crippen LogP contribution in [0.5, 0.6) is 0 Å². The van der Waals surface area contributed by atoms with Gasteiger partial charge in [0.15, 0.2) is 0 Å². The van der Waals surface area contributed by atoms with Gasteiger partial charge in [-0.05, 0) is 37.4 Å². The van der Waals surface area contributed by atoms with Crippen molar-refractivity contribution in [2.24, 2.45) is 7.05 Å². The van der Waals surface area contributed by atoms with Gasteiger partial charge in [0, 0.05) is 41.2 Å². The normalized spacial score (nSPS) is 16.6. The molecular weight excluding hydrogens is 462 g/mol. The summed E-state index contributed by atoms with van der Waals surface area (Å²) in [7, 11) is 0.398. The number of nitrogens with zero attached hydrogens (tertiary/aromatic N) is 3. The quantitative estimate of drug-likeness (QED) is 0.234. The van der Waals surface area contributed by atoms with Crippen LogP contribution in [0.3, 0.4) is 0 Å². The first-order valence-corrected chi connectivity index (χ1v) is 16.1. The van der Waals surface area contributed by atoms with Crippen LogP contribution in [-0.2, 0) is 21.4 Å². The fourth-order valence-corrected chi connectivity index (χ4v) is 4.99. The van der Waals surface area contributed by atoms with E-state index in [9.17, 15) is 14.4 Å². The summed E-state index contributed by atoms with van der Waals surface area (Å²) in [6.45, 7) is 7.35. The summed E-state index contributed by atoms with van der Waals surface area (Å²) in [6, 6.07) is 5.72. The number of hydrogen-bond acceptors (Lipinski definition) is 5. The third-order valence-electron chi connectivity index (χ3n) is 6.30. The van der Waals surface area contributed by atoms with E-state index in [0.29, 0.717) is 24.1 Å². The van der Waals surface area contributed by atoms with Crippen molar-refractivity contribution in [1.29, 1.82) is 0 Å². The van der Waals surface area contributed by atoms with Crippen molar-refractivity contribution < 1.29 is 19.4 Å². The summed E-state index contributed by atoms with van der Waals surface area (Å²) >= 11 is 0. The molecule has 1 aliphatic heterocycles. The Kier molecular flexibility index (Phi) is 9.11. The molecule has 0 aliphatic carbocycles. The highest BCUT2D eigenvalue weighted by atomic mass is 28.3. The molecule has 0 spiro atoms. The van der Waals surface area contributed by atoms with Gasteiger partial charge in [0.25, 0.3) is 5.91 Å². The first kappa shape index (κ1) is 26.9. The molecule has 0 radical (unpaired) electrons. The molecule has 2 heterocycles. The number of carbonyl (C=O) groups is 2. The minimum Gasteiger partial charge on any atom is -0.396 e. The number of rotatable bonds is 10. The molecule has 1 unspecified atom stereocenters. The predicted molar refractivity (Wildman–Crippen MR) is 139 cm³/mol. The first-order chi connectivity index (χ1) is 16.7. The lowest BCUT2D eigenvalue weighted by Gasteiger charge is -2.31. The highest BCUT2D eigenvalue weighted by Crippen LogP contribution is 2.28. The average Bonchev–Trinajstić information content (AvgIpc) is 3.06. The molecule has 3 rings (SSSR count). The molecule has 2 aromatic rings. The van der Waals surface area contributed by atoms with Gasteiger partial charge in [-0.25, -0.2) is 4.79 Å². The van der Waals surface area contributed by atoms with Gasteiger partial charge in [0.2, 0.25) is 5.91 Å². The molecule has 1 atom stereocenters. The zero-order valence-electron chi connectivity index (χ0n) is 21.3. The Balaban J connectivity index is 1.84. The summed E-state index contributed by atoms with van der Waals surface area (Å²) in [5, 5.41) is 8.90. The Morgan fingerprint density at radius 3 is 2.63 bits per heavy atom. The van der Waals surface area contributed by atoms with E-state index in [4.69, 9.17) is 9.84 Å². The Morgan fingerprint density at radius 1 is 1.14 bits per heavy atom. The molecule has 1 N–H and O–H groups in total. The number of imide groups is 1. The largest absolute Gasteiger partial charge is 0.396 e. The number of hydrogen-bond donors (Lipinski definition) is 1. The summed E-state index contributed by atoms with van der Waals surface area (Å²) in [5.41, 5.74) is 1.75. The molecule has 190 valence electrons. The molecule has 35 heavy (non-hydrogen) atoms. The molecule has 8 nitrogen and oxygen atoms in total. The van der Waals surface area contributed by atoms with E-state index < -0.39 is 20.0 Å². The van der Waals surface area contributed by atoms with Gasteiger partial charge >= 0.3 is 5.69 Å². The third kappa shape index (κ3) is 6.51. The van der Waals surface area contributed by atoms with Crippen molar-refractivity contribution in [1.82, 2.24) is 14.0 Å². The molecular formula is C26H37N3O5Si. The van der Waals surface area contributed by atoms with Gasteiger partial charge in [0.05, 0.1) is 16.6 Å². The number of imidazole rings is 1. The van der Waals surface area contributed by atoms with Crippen molar-refractivity contribution in [3.63, 3.8) is 0 Å². The number of aryl methyl sites for hydroxylation is 1. The van der Waals surface area contributed by atoms with Gasteiger partial charge in [-0.15, -0.1) is 0 Å². The standard InChI is InChI=1S/C26H37N3O5Si/c1-27-24-20(11-8-6-5-7-9-16-30)12-10-13-21(24)29(26(27)33)22-14-15-23(31)28(25(22)32)19-34-17-18-35(2,3)4/h10,12-13,22,30H,5-7,9,14-19H2,1-4H3. The molecule has 2 amide bonds. The van der Waals surface area contributed by atoms with Crippen LogP contribution in [-0.4, -0.2) is 59.0 Å². The van der Waals surface area contributed by atoms with Crippen LogP contribution in [0.4, 0.5) is 0 Å². The Bertz CT molecular complexity index is 1180. The molecule has 1 aliphatic rings. The van der Waals surface area contributed by atoms with E-state index in [2.05, 4.69) is 31.5 Å². The number of carbonyl (C=O) groups excluding carboxylic acids is 2. The second-order valence-electron chi connectivity index (χ2n) is 10.3. The smallest absolute Gasteiger partial charge is 0.329 e. The van der Waals surface area contributed by atoms with E-state index in [0.717, 1.165) is 35.8 Å². The number of benzene rings is 1. The molecule has 0 bridgehead atoms. The number of unbranched alkanes of at least 4 members (excludes halogenated alkanes) is 3. The zero-order valence-corrected chi connectivity index (χ0v) is 22.3. The second-order valence-corrected chi connectivity index (χ2v) is 15.9. The number of para-hydroxylation sites is 1. The molecule has 9 heteroatoms. The summed E-state index contributed by atoms with van der Waals surface area (Å²) in [4.78, 5) is 40.3. The highest BCUT2D eigenvalue weighted by Gasteiger charge is 2.37. The minimum atomic E-state index is -1.29. The van der Waals surface area contributed by atoms with E-state index in [1.807, 2.05) is 18.2 Å². The van der Waals surface area contributed by atoms with E-state index in [-0.39, 0.29) is 37.8 Å². The monoisotopic (exact) mass is 499 g/mol. The van der Waals surface area contributed by atoms with Crippen LogP contribution in [0.2, 0.25) is 25.7 Å². The lowest BCUT2D eigenvalue weighted by molar-refractivity contribution is -0.157. The van der Waals surface area contributed by atoms with Crippen LogP contribution in [0, 0.1) is 11.8 Å². The maximum absolute atomic E-state index is 13.3. The van der Waals surface area contributed by atoms with Crippen LogP contribution < -0.4 is 5.69 Å². The molecule has 1 aromatic carbocycles. The topological polar surface area (TPSA) is 93.8 Å². The first-order valence-electron chi connectivity index (χ1n) is 12.4. The van der Waals surface area contributed by atoms with Crippen LogP contribution in [0.1, 0.15) is 50.1 Å². The average molecular weight is 500 g/mol. The SMILES string of the molecule is Cn1c(=O)n(C2CCC(=O)N(COCC[Si](C)(C)C)C2=O)c2cccc(C#CCCCCCO)c21. The number of aromatic nitrogens is 2. The molecule has 0 saturated carbocycles. The zero-order chi connectivity index (χ0) is 25.6. The summed E-state index contributed by atoms with van der Waals surface area (Å²) in [5.74, 6) is 5.67. The lowest BCUT2D eigenvalue weighted by atomic mass is 10.0. The fraction of sp³-hybridized carbons (Fsp3) is 0.577. The Morgan fingerprint density at radius 2 is 1.91 bits per heavy atom. The van der Waals surface area contributed by atoms with E-state index in [1.165, 1.54) is 9.13 Å². The van der Waals surface area contributed by atoms with Crippen molar-refractivity contribution in [3.05, 3.63) is 34.2 Å². The van der Waals surface area contributed by atoms with Crippen molar-refractivity contribution >= 4 is 30.9 Å². The predicted octanol–water partition coefficient (Wildman–Crippen LogP) is 3.25. The number of aliphatic hydroxyl groups excluding tert-OH is 1. The molecule has 1 fully saturated rings. The van der Waals surface area contributed by atoms with Crippen LogP contribution >= 0.6 is 0 Å². The Hall–Kier alpha value is -2.67. The van der Waals surface area contributed by atoms with Gasteiger partial charge < -0.3 is 9.84 Å². The number of amides is 2. The second kappa shape index (κ2) is 11.8. The number of likely N-dealkylation sites (tertiary alicyclic amines) is 1. The number of ether oxygens (including phenoxy) is 1. The summed E-state index contributed by atoms with van der Waals surface area (Å²) in [6.07, 6.45) is 3.77. The minimum absolute atomic E-state index is 0.0782. The number of fused-ring (bicyclic) bond motifs is 1. The lowest BCUT2D eigenvalue weighted by Crippen LogP contribution is -2.48. The molecule has 1 aromatic heterocycles. The van der Waals surface area contributed by atoms with Crippen LogP contribution in [0.15, 0.2) is 23.0 Å². The van der Waals surface area contributed by atoms with Gasteiger partial charge in [-0.3, -0.25) is 23.6 Å². The Labute approximate surface area is 207 Å². The molecule has 1 saturated heterocycles. The van der Waals surface area contributed by atoms with Crippen molar-refractivity contribution in [2.45, 2.75) is 70.3 Å². The van der Waals surface area contributed by atoms with E-state index in [1.54, 1.807) is 7.05 Å². The number of aliphatic hydroxyl groups is 1. The van der Waals surface area contributed by atoms with E-state index >= 15 is 0 Å². The van der Waals surface area contributed by atoms with Crippen molar-refractivity contribution in [3.8, 4) is 11.8 Å². The maximum atomic E-state index is 13.3. The number of piperidine rings is 1. The third-order valence-corrected chi connectivity index (χ3v) is 8.00.